The van der Waals surface area contributed by atoms with Crippen LogP contribution >= 0.6 is 0 Å². The smallest absolute Gasteiger partial charge is 0.344 e. The predicted molar refractivity (Wildman–Crippen MR) is 98.7 cm³/mol. The molecule has 0 fully saturated rings. The molecule has 0 unspecified atom stereocenters. The van der Waals surface area contributed by atoms with Gasteiger partial charge in [0, 0.05) is 5.69 Å². The van der Waals surface area contributed by atoms with E-state index in [9.17, 15) is 19.2 Å². The van der Waals surface area contributed by atoms with Gasteiger partial charge >= 0.3 is 17.9 Å². The highest BCUT2D eigenvalue weighted by Gasteiger charge is 2.22. The van der Waals surface area contributed by atoms with Gasteiger partial charge in [0.05, 0.1) is 31.0 Å². The zero-order chi connectivity index (χ0) is 21.6. The number of rotatable bonds is 7. The molecular weight excluding hydrogens is 384 g/mol. The summed E-state index contributed by atoms with van der Waals surface area (Å²) in [5.41, 5.74) is 0.817. The number of hydrogen-bond donors (Lipinski definition) is 1. The molecule has 0 aliphatic rings. The number of benzene rings is 1. The summed E-state index contributed by atoms with van der Waals surface area (Å²) >= 11 is 0. The molecule has 1 heterocycles. The van der Waals surface area contributed by atoms with Gasteiger partial charge in [0.15, 0.2) is 6.61 Å². The molecule has 10 nitrogen and oxygen atoms in total. The molecule has 10 heteroatoms. The van der Waals surface area contributed by atoms with Crippen LogP contribution in [0.5, 0.6) is 0 Å². The maximum absolute atomic E-state index is 12.2. The molecule has 154 valence electrons. The van der Waals surface area contributed by atoms with Crippen LogP contribution in [0.25, 0.3) is 0 Å². The van der Waals surface area contributed by atoms with Gasteiger partial charge < -0.3 is 24.1 Å². The van der Waals surface area contributed by atoms with E-state index >= 15 is 0 Å². The summed E-state index contributed by atoms with van der Waals surface area (Å²) in [6.07, 6.45) is 0.463. The van der Waals surface area contributed by atoms with E-state index in [0.717, 1.165) is 0 Å². The Bertz CT molecular complexity index is 913. The van der Waals surface area contributed by atoms with Gasteiger partial charge in [-0.05, 0) is 31.5 Å². The Balaban J connectivity index is 2.11. The first-order valence-electron chi connectivity index (χ1n) is 8.54. The number of nitrogens with one attached hydrogen (secondary N) is 1. The normalized spacial score (nSPS) is 10.2. The first-order chi connectivity index (χ1) is 13.8. The van der Waals surface area contributed by atoms with E-state index in [1.807, 2.05) is 0 Å². The molecule has 0 aliphatic heterocycles. The second-order valence-electron chi connectivity index (χ2n) is 5.82. The highest BCUT2D eigenvalue weighted by molar-refractivity contribution is 6.00. The number of carbonyl (C=O) groups excluding carboxylic acids is 4. The minimum atomic E-state index is -0.741. The fraction of sp³-hybridized carbons (Fsp3) is 0.316. The van der Waals surface area contributed by atoms with Crippen LogP contribution in [0.1, 0.15) is 49.5 Å². The molecule has 0 aliphatic carbocycles. The Morgan fingerprint density at radius 1 is 1.00 bits per heavy atom. The van der Waals surface area contributed by atoms with Crippen LogP contribution < -0.4 is 5.32 Å². The largest absolute Gasteiger partial charge is 0.465 e. The van der Waals surface area contributed by atoms with Gasteiger partial charge in [-0.1, -0.05) is 12.1 Å². The van der Waals surface area contributed by atoms with Gasteiger partial charge in [-0.2, -0.15) is 0 Å². The summed E-state index contributed by atoms with van der Waals surface area (Å²) in [6, 6.07) is 3.91. The van der Waals surface area contributed by atoms with Crippen LogP contribution in [0.15, 0.2) is 22.7 Å². The topological polar surface area (TPSA) is 134 Å². The first-order valence-corrected chi connectivity index (χ1v) is 8.54. The van der Waals surface area contributed by atoms with Crippen molar-refractivity contribution in [2.75, 3.05) is 26.1 Å². The maximum Gasteiger partial charge on any atom is 0.344 e. The van der Waals surface area contributed by atoms with Crippen LogP contribution in [-0.4, -0.2) is 49.8 Å². The number of aryl methyl sites for hydroxylation is 2. The molecular formula is C19H20N2O8. The fourth-order valence-electron chi connectivity index (χ4n) is 2.49. The molecule has 0 radical (unpaired) electrons. The van der Waals surface area contributed by atoms with Crippen molar-refractivity contribution < 1.29 is 37.9 Å². The van der Waals surface area contributed by atoms with E-state index < -0.39 is 30.4 Å². The molecule has 0 saturated heterocycles. The molecule has 0 atom stereocenters. The number of carbonyl (C=O) groups is 4. The lowest BCUT2D eigenvalue weighted by atomic mass is 10.1. The number of ether oxygens (including phenoxy) is 3. The minimum Gasteiger partial charge on any atom is -0.465 e. The minimum absolute atomic E-state index is 0.0374. The Hall–Kier alpha value is -3.69. The van der Waals surface area contributed by atoms with Crippen molar-refractivity contribution in [2.24, 2.45) is 0 Å². The molecule has 2 aromatic rings. The van der Waals surface area contributed by atoms with Crippen LogP contribution in [-0.2, 0) is 25.4 Å². The van der Waals surface area contributed by atoms with Gasteiger partial charge in [-0.15, -0.1) is 0 Å². The summed E-state index contributed by atoms with van der Waals surface area (Å²) in [7, 11) is 2.37. The molecule has 0 bridgehead atoms. The third-order valence-electron chi connectivity index (χ3n) is 3.87. The lowest BCUT2D eigenvalue weighted by molar-refractivity contribution is -0.119. The summed E-state index contributed by atoms with van der Waals surface area (Å²) in [5, 5.41) is 6.21. The van der Waals surface area contributed by atoms with E-state index in [-0.39, 0.29) is 22.4 Å². The summed E-state index contributed by atoms with van der Waals surface area (Å²) in [6.45, 7) is 2.77. The SMILES string of the molecule is CCc1noc(C)c1C(=O)OCC(=O)Nc1cc(C(=O)OC)cc(C(=O)OC)c1. The number of esters is 3. The van der Waals surface area contributed by atoms with Crippen LogP contribution in [0, 0.1) is 6.92 Å². The molecule has 0 saturated carbocycles. The fourth-order valence-corrected chi connectivity index (χ4v) is 2.49. The summed E-state index contributed by atoms with van der Waals surface area (Å²) in [4.78, 5) is 47.9. The molecule has 29 heavy (non-hydrogen) atoms. The predicted octanol–water partition coefficient (Wildman–Crippen LogP) is 1.91. The third kappa shape index (κ3) is 5.18. The van der Waals surface area contributed by atoms with Gasteiger partial charge in [0.25, 0.3) is 5.91 Å². The Kier molecular flexibility index (Phi) is 7.07. The zero-order valence-electron chi connectivity index (χ0n) is 16.4. The van der Waals surface area contributed by atoms with Gasteiger partial charge in [0.1, 0.15) is 11.3 Å². The van der Waals surface area contributed by atoms with Gasteiger partial charge in [-0.3, -0.25) is 4.79 Å². The Labute approximate surface area is 166 Å². The van der Waals surface area contributed by atoms with Crippen molar-refractivity contribution in [3.63, 3.8) is 0 Å². The third-order valence-corrected chi connectivity index (χ3v) is 3.87. The van der Waals surface area contributed by atoms with E-state index in [1.165, 1.54) is 32.4 Å². The summed E-state index contributed by atoms with van der Waals surface area (Å²) in [5.74, 6) is -2.53. The Morgan fingerprint density at radius 2 is 1.59 bits per heavy atom. The maximum atomic E-state index is 12.2. The number of aromatic nitrogens is 1. The standard InChI is InChI=1S/C19H20N2O8/c1-5-14-16(10(2)29-21-14)19(25)28-9-15(22)20-13-7-11(17(23)26-3)6-12(8-13)18(24)27-4/h6-8H,5,9H2,1-4H3,(H,20,22). The van der Waals surface area contributed by atoms with Crippen molar-refractivity contribution in [2.45, 2.75) is 20.3 Å². The molecule has 1 N–H and O–H groups in total. The second-order valence-corrected chi connectivity index (χ2v) is 5.82. The molecule has 1 amide bonds. The van der Waals surface area contributed by atoms with Crippen molar-refractivity contribution in [3.05, 3.63) is 46.3 Å². The number of methoxy groups -OCH3 is 2. The number of anilines is 1. The van der Waals surface area contributed by atoms with E-state index in [4.69, 9.17) is 9.26 Å². The highest BCUT2D eigenvalue weighted by Crippen LogP contribution is 2.18. The summed E-state index contributed by atoms with van der Waals surface area (Å²) < 4.78 is 19.2. The average molecular weight is 404 g/mol. The zero-order valence-corrected chi connectivity index (χ0v) is 16.4. The quantitative estimate of drug-likeness (QED) is 0.542. The number of nitrogens with zero attached hydrogens (tertiary/aromatic N) is 1. The van der Waals surface area contributed by atoms with Crippen molar-refractivity contribution in [1.82, 2.24) is 5.16 Å². The number of amides is 1. The van der Waals surface area contributed by atoms with E-state index in [1.54, 1.807) is 13.8 Å². The lowest BCUT2D eigenvalue weighted by Crippen LogP contribution is -2.22. The molecule has 0 spiro atoms. The van der Waals surface area contributed by atoms with Crippen molar-refractivity contribution in [1.29, 1.82) is 0 Å². The molecule has 1 aromatic carbocycles. The Morgan fingerprint density at radius 3 is 2.10 bits per heavy atom. The molecule has 1 aromatic heterocycles. The average Bonchev–Trinajstić information content (AvgIpc) is 3.10. The van der Waals surface area contributed by atoms with Crippen molar-refractivity contribution in [3.8, 4) is 0 Å². The first kappa shape index (κ1) is 21.6. The lowest BCUT2D eigenvalue weighted by Gasteiger charge is -2.10. The van der Waals surface area contributed by atoms with E-state index in [2.05, 4.69) is 19.9 Å². The highest BCUT2D eigenvalue weighted by atomic mass is 16.5. The van der Waals surface area contributed by atoms with E-state index in [0.29, 0.717) is 17.9 Å². The van der Waals surface area contributed by atoms with Crippen LogP contribution in [0.2, 0.25) is 0 Å². The van der Waals surface area contributed by atoms with Crippen LogP contribution in [0.4, 0.5) is 5.69 Å². The monoisotopic (exact) mass is 404 g/mol. The van der Waals surface area contributed by atoms with Gasteiger partial charge in [-0.25, -0.2) is 14.4 Å². The van der Waals surface area contributed by atoms with Crippen molar-refractivity contribution >= 4 is 29.5 Å². The second kappa shape index (κ2) is 9.49. The molecule has 2 rings (SSSR count). The van der Waals surface area contributed by atoms with Crippen LogP contribution in [0.3, 0.4) is 0 Å². The van der Waals surface area contributed by atoms with Gasteiger partial charge in [0.2, 0.25) is 0 Å². The number of hydrogen-bond acceptors (Lipinski definition) is 9.